The third-order valence-electron chi connectivity index (χ3n) is 1.67. The van der Waals surface area contributed by atoms with Crippen LogP contribution in [0.4, 0.5) is 0 Å². The molecule has 76 valence electrons. The van der Waals surface area contributed by atoms with Crippen LogP contribution in [0.25, 0.3) is 0 Å². The Morgan fingerprint density at radius 3 is 2.79 bits per heavy atom. The van der Waals surface area contributed by atoms with Crippen molar-refractivity contribution in [3.63, 3.8) is 0 Å². The summed E-state index contributed by atoms with van der Waals surface area (Å²) >= 11 is 11.1. The van der Waals surface area contributed by atoms with Gasteiger partial charge in [-0.2, -0.15) is 0 Å². The molecule has 0 heterocycles. The number of ether oxygens (including phenoxy) is 1. The average Bonchev–Trinajstić information content (AvgIpc) is 2.16. The Morgan fingerprint density at radius 2 is 2.21 bits per heavy atom. The maximum absolute atomic E-state index is 10.9. The molecule has 1 rings (SSSR count). The minimum Gasteiger partial charge on any atom is -0.486 e. The molecule has 0 radical (unpaired) electrons. The second kappa shape index (κ2) is 5.23. The molecule has 0 unspecified atom stereocenters. The largest absolute Gasteiger partial charge is 0.486 e. The first-order valence-corrected chi connectivity index (χ1v) is 5.01. The molecule has 0 aromatic heterocycles. The van der Waals surface area contributed by atoms with Gasteiger partial charge in [-0.25, -0.2) is 0 Å². The summed E-state index contributed by atoms with van der Waals surface area (Å²) in [4.78, 5) is 10.9. The number of hydrogen-bond acceptors (Lipinski definition) is 2. The highest BCUT2D eigenvalue weighted by molar-refractivity contribution is 6.30. The lowest BCUT2D eigenvalue weighted by atomic mass is 10.2. The van der Waals surface area contributed by atoms with Gasteiger partial charge in [0, 0.05) is 5.02 Å². The second-order valence-corrected chi connectivity index (χ2v) is 3.57. The summed E-state index contributed by atoms with van der Waals surface area (Å²) in [5, 5.41) is 0.651. The van der Waals surface area contributed by atoms with Gasteiger partial charge < -0.3 is 4.74 Å². The number of alkyl halides is 1. The van der Waals surface area contributed by atoms with Crippen LogP contribution < -0.4 is 4.74 Å². The van der Waals surface area contributed by atoms with Crippen LogP contribution in [0.5, 0.6) is 5.75 Å². The van der Waals surface area contributed by atoms with E-state index in [0.717, 1.165) is 5.56 Å². The highest BCUT2D eigenvalue weighted by Gasteiger charge is 2.03. The molecule has 0 N–H and O–H groups in total. The number of hydrogen-bond donors (Lipinski definition) is 0. The van der Waals surface area contributed by atoms with E-state index >= 15 is 0 Å². The van der Waals surface area contributed by atoms with E-state index in [2.05, 4.69) is 0 Å². The summed E-state index contributed by atoms with van der Waals surface area (Å²) in [6, 6.07) is 5.23. The summed E-state index contributed by atoms with van der Waals surface area (Å²) in [6.45, 7) is 1.87. The Morgan fingerprint density at radius 1 is 1.50 bits per heavy atom. The molecule has 0 atom stereocenters. The van der Waals surface area contributed by atoms with Crippen molar-refractivity contribution in [2.75, 3.05) is 12.5 Å². The molecule has 2 nitrogen and oxygen atoms in total. The lowest BCUT2D eigenvalue weighted by molar-refractivity contribution is -0.118. The molecule has 14 heavy (non-hydrogen) atoms. The molecule has 0 saturated heterocycles. The van der Waals surface area contributed by atoms with Crippen LogP contribution in [0.1, 0.15) is 5.56 Å². The standard InChI is InChI=1S/C10H10Cl2O2/c1-7-4-8(12)2-3-10(7)14-6-9(13)5-11/h2-4H,5-6H2,1H3. The minimum atomic E-state index is -0.138. The zero-order chi connectivity index (χ0) is 10.6. The lowest BCUT2D eigenvalue weighted by Crippen LogP contribution is -2.12. The van der Waals surface area contributed by atoms with E-state index < -0.39 is 0 Å². The number of halogens is 2. The van der Waals surface area contributed by atoms with Crippen molar-refractivity contribution >= 4 is 29.0 Å². The summed E-state index contributed by atoms with van der Waals surface area (Å²) in [5.41, 5.74) is 0.903. The molecular formula is C10H10Cl2O2. The van der Waals surface area contributed by atoms with E-state index in [1.807, 2.05) is 6.92 Å². The Labute approximate surface area is 92.8 Å². The van der Waals surface area contributed by atoms with Crippen molar-refractivity contribution < 1.29 is 9.53 Å². The average molecular weight is 233 g/mol. The van der Waals surface area contributed by atoms with Gasteiger partial charge in [-0.1, -0.05) is 11.6 Å². The molecule has 0 spiro atoms. The smallest absolute Gasteiger partial charge is 0.184 e. The summed E-state index contributed by atoms with van der Waals surface area (Å²) in [7, 11) is 0. The fourth-order valence-corrected chi connectivity index (χ4v) is 1.28. The molecule has 0 fully saturated rings. The van der Waals surface area contributed by atoms with Crippen LogP contribution in [-0.4, -0.2) is 18.3 Å². The fourth-order valence-electron chi connectivity index (χ4n) is 0.972. The number of aryl methyl sites for hydroxylation is 1. The van der Waals surface area contributed by atoms with E-state index in [-0.39, 0.29) is 18.3 Å². The Kier molecular flexibility index (Phi) is 4.23. The van der Waals surface area contributed by atoms with Gasteiger partial charge in [-0.3, -0.25) is 4.79 Å². The fraction of sp³-hybridized carbons (Fsp3) is 0.300. The summed E-state index contributed by atoms with van der Waals surface area (Å²) in [5.74, 6) is 0.501. The predicted octanol–water partition coefficient (Wildman–Crippen LogP) is 2.84. The van der Waals surface area contributed by atoms with Gasteiger partial charge in [0.05, 0.1) is 5.88 Å². The molecule has 0 aliphatic rings. The molecule has 1 aromatic rings. The third-order valence-corrected chi connectivity index (χ3v) is 2.21. The molecule has 0 aliphatic carbocycles. The van der Waals surface area contributed by atoms with E-state index in [0.29, 0.717) is 10.8 Å². The molecule has 4 heteroatoms. The Balaban J connectivity index is 2.63. The number of carbonyl (C=O) groups excluding carboxylic acids is 1. The van der Waals surface area contributed by atoms with E-state index in [9.17, 15) is 4.79 Å². The number of Topliss-reactive ketones (excluding diaryl/α,β-unsaturated/α-hetero) is 1. The Bertz CT molecular complexity index is 337. The van der Waals surface area contributed by atoms with Crippen LogP contribution in [0.15, 0.2) is 18.2 Å². The van der Waals surface area contributed by atoms with Crippen molar-refractivity contribution in [1.82, 2.24) is 0 Å². The van der Waals surface area contributed by atoms with Crippen LogP contribution in [-0.2, 0) is 4.79 Å². The van der Waals surface area contributed by atoms with E-state index in [1.165, 1.54) is 0 Å². The highest BCUT2D eigenvalue weighted by Crippen LogP contribution is 2.21. The van der Waals surface area contributed by atoms with Gasteiger partial charge in [-0.05, 0) is 30.7 Å². The third kappa shape index (κ3) is 3.20. The summed E-state index contributed by atoms with van der Waals surface area (Å²) in [6.07, 6.45) is 0. The van der Waals surface area contributed by atoms with Crippen LogP contribution in [0.2, 0.25) is 5.02 Å². The van der Waals surface area contributed by atoms with Crippen molar-refractivity contribution in [3.8, 4) is 5.75 Å². The minimum absolute atomic E-state index is 0.00592. The van der Waals surface area contributed by atoms with Crippen molar-refractivity contribution in [2.45, 2.75) is 6.92 Å². The monoisotopic (exact) mass is 232 g/mol. The zero-order valence-corrected chi connectivity index (χ0v) is 9.23. The zero-order valence-electron chi connectivity index (χ0n) is 7.72. The molecule has 0 aliphatic heterocycles. The maximum atomic E-state index is 10.9. The predicted molar refractivity (Wildman–Crippen MR) is 57.4 cm³/mol. The van der Waals surface area contributed by atoms with Gasteiger partial charge in [0.2, 0.25) is 0 Å². The van der Waals surface area contributed by atoms with Crippen molar-refractivity contribution in [2.24, 2.45) is 0 Å². The van der Waals surface area contributed by atoms with Gasteiger partial charge in [0.1, 0.15) is 12.4 Å². The number of rotatable bonds is 4. The summed E-state index contributed by atoms with van der Waals surface area (Å²) < 4.78 is 5.25. The molecule has 1 aromatic carbocycles. The SMILES string of the molecule is Cc1cc(Cl)ccc1OCC(=O)CCl. The normalized spacial score (nSPS) is 9.93. The molecule has 0 saturated carbocycles. The molecule has 0 bridgehead atoms. The van der Waals surface area contributed by atoms with E-state index in [4.69, 9.17) is 27.9 Å². The van der Waals surface area contributed by atoms with Crippen LogP contribution >= 0.6 is 23.2 Å². The number of ketones is 1. The molecule has 0 amide bonds. The molecular weight excluding hydrogens is 223 g/mol. The van der Waals surface area contributed by atoms with Crippen LogP contribution in [0.3, 0.4) is 0 Å². The van der Waals surface area contributed by atoms with Gasteiger partial charge in [-0.15, -0.1) is 11.6 Å². The lowest BCUT2D eigenvalue weighted by Gasteiger charge is -2.07. The number of benzene rings is 1. The Hall–Kier alpha value is -0.730. The first-order chi connectivity index (χ1) is 6.63. The van der Waals surface area contributed by atoms with Crippen LogP contribution in [0, 0.1) is 6.92 Å². The van der Waals surface area contributed by atoms with Gasteiger partial charge >= 0.3 is 0 Å². The van der Waals surface area contributed by atoms with Crippen molar-refractivity contribution in [3.05, 3.63) is 28.8 Å². The first kappa shape index (κ1) is 11.3. The topological polar surface area (TPSA) is 26.3 Å². The van der Waals surface area contributed by atoms with Crippen molar-refractivity contribution in [1.29, 1.82) is 0 Å². The van der Waals surface area contributed by atoms with E-state index in [1.54, 1.807) is 18.2 Å². The van der Waals surface area contributed by atoms with Gasteiger partial charge in [0.15, 0.2) is 5.78 Å². The highest BCUT2D eigenvalue weighted by atomic mass is 35.5. The quantitative estimate of drug-likeness (QED) is 0.747. The second-order valence-electron chi connectivity index (χ2n) is 2.87. The van der Waals surface area contributed by atoms with Gasteiger partial charge in [0.25, 0.3) is 0 Å². The first-order valence-electron chi connectivity index (χ1n) is 4.10. The maximum Gasteiger partial charge on any atom is 0.184 e. The number of carbonyl (C=O) groups is 1.